The number of benzene rings is 1. The Balaban J connectivity index is 1.94. The third-order valence-corrected chi connectivity index (χ3v) is 2.83. The van der Waals surface area contributed by atoms with Crippen LogP contribution in [0, 0.1) is 13.8 Å². The highest BCUT2D eigenvalue weighted by molar-refractivity contribution is 5.30. The van der Waals surface area contributed by atoms with Crippen LogP contribution < -0.4 is 11.1 Å². The van der Waals surface area contributed by atoms with E-state index in [0.717, 1.165) is 12.4 Å². The molecule has 0 aliphatic rings. The van der Waals surface area contributed by atoms with E-state index in [1.807, 2.05) is 0 Å². The normalized spacial score (nSPS) is 10.6. The number of rotatable bonds is 4. The highest BCUT2D eigenvalue weighted by atomic mass is 15.0. The van der Waals surface area contributed by atoms with Crippen LogP contribution in [-0.4, -0.2) is 9.97 Å². The van der Waals surface area contributed by atoms with Gasteiger partial charge in [-0.3, -0.25) is 0 Å². The van der Waals surface area contributed by atoms with Gasteiger partial charge < -0.3 is 11.1 Å². The molecule has 0 atom stereocenters. The largest absolute Gasteiger partial charge is 0.384 e. The highest BCUT2D eigenvalue weighted by Crippen LogP contribution is 2.10. The van der Waals surface area contributed by atoms with E-state index in [9.17, 15) is 0 Å². The van der Waals surface area contributed by atoms with Crippen LogP contribution >= 0.6 is 0 Å². The van der Waals surface area contributed by atoms with Gasteiger partial charge in [0.2, 0.25) is 0 Å². The summed E-state index contributed by atoms with van der Waals surface area (Å²) in [6, 6.07) is 8.15. The summed E-state index contributed by atoms with van der Waals surface area (Å²) in [7, 11) is 0. The lowest BCUT2D eigenvalue weighted by molar-refractivity contribution is 0.661. The number of aryl methyl sites for hydroxylation is 2. The zero-order valence-corrected chi connectivity index (χ0v) is 10.8. The summed E-state index contributed by atoms with van der Waals surface area (Å²) in [5, 5.41) is 3.33. The second kappa shape index (κ2) is 5.60. The fourth-order valence-electron chi connectivity index (χ4n) is 1.80. The smallest absolute Gasteiger partial charge is 0.144 e. The lowest BCUT2D eigenvalue weighted by Gasteiger charge is -2.08. The summed E-state index contributed by atoms with van der Waals surface area (Å²) in [5.74, 6) is 1.23. The van der Waals surface area contributed by atoms with Crippen LogP contribution in [0.25, 0.3) is 0 Å². The molecule has 1 heterocycles. The number of anilines is 1. The number of aromatic nitrogens is 2. The van der Waals surface area contributed by atoms with Gasteiger partial charge in [0.1, 0.15) is 11.6 Å². The molecular formula is C14H18N4. The summed E-state index contributed by atoms with van der Waals surface area (Å²) in [5.41, 5.74) is 9.48. The van der Waals surface area contributed by atoms with Crippen LogP contribution in [-0.2, 0) is 13.1 Å². The Labute approximate surface area is 107 Å². The summed E-state index contributed by atoms with van der Waals surface area (Å²) in [6.45, 7) is 5.65. The molecule has 4 heteroatoms. The minimum Gasteiger partial charge on any atom is -0.384 e. The van der Waals surface area contributed by atoms with Gasteiger partial charge in [0, 0.05) is 12.7 Å². The molecule has 0 saturated heterocycles. The van der Waals surface area contributed by atoms with Crippen molar-refractivity contribution in [3.8, 4) is 0 Å². The van der Waals surface area contributed by atoms with Gasteiger partial charge in [-0.1, -0.05) is 23.8 Å². The number of nitrogens with one attached hydrogen (secondary N) is 1. The Bertz CT molecular complexity index is 537. The van der Waals surface area contributed by atoms with Crippen LogP contribution in [0.15, 0.2) is 30.5 Å². The van der Waals surface area contributed by atoms with Crippen molar-refractivity contribution in [2.75, 3.05) is 5.73 Å². The van der Waals surface area contributed by atoms with Gasteiger partial charge in [0.05, 0.1) is 6.54 Å². The van der Waals surface area contributed by atoms with Crippen LogP contribution in [0.2, 0.25) is 0 Å². The number of nitrogens with zero attached hydrogens (tertiary/aromatic N) is 2. The lowest BCUT2D eigenvalue weighted by atomic mass is 10.1. The van der Waals surface area contributed by atoms with Gasteiger partial charge in [-0.15, -0.1) is 0 Å². The maximum absolute atomic E-state index is 5.61. The molecule has 0 spiro atoms. The maximum atomic E-state index is 5.61. The summed E-state index contributed by atoms with van der Waals surface area (Å²) in [4.78, 5) is 8.31. The van der Waals surface area contributed by atoms with Gasteiger partial charge in [0.15, 0.2) is 0 Å². The molecular weight excluding hydrogens is 224 g/mol. The minimum atomic E-state index is 0.508. The van der Waals surface area contributed by atoms with E-state index in [1.165, 1.54) is 16.7 Å². The maximum Gasteiger partial charge on any atom is 0.144 e. The molecule has 0 bridgehead atoms. The molecule has 0 saturated carbocycles. The van der Waals surface area contributed by atoms with Crippen molar-refractivity contribution < 1.29 is 0 Å². The summed E-state index contributed by atoms with van der Waals surface area (Å²) >= 11 is 0. The molecule has 0 aliphatic carbocycles. The molecule has 18 heavy (non-hydrogen) atoms. The molecule has 94 valence electrons. The van der Waals surface area contributed by atoms with Crippen LogP contribution in [0.4, 0.5) is 5.82 Å². The first-order valence-corrected chi connectivity index (χ1v) is 5.99. The van der Waals surface area contributed by atoms with Crippen LogP contribution in [0.5, 0.6) is 0 Å². The van der Waals surface area contributed by atoms with Crippen molar-refractivity contribution in [1.82, 2.24) is 15.3 Å². The molecule has 0 amide bonds. The number of nitrogen functional groups attached to an aromatic ring is 1. The average Bonchev–Trinajstić information content (AvgIpc) is 2.34. The van der Waals surface area contributed by atoms with Crippen molar-refractivity contribution in [3.63, 3.8) is 0 Å². The molecule has 2 aromatic rings. The Hall–Kier alpha value is -1.94. The Morgan fingerprint density at radius 3 is 2.78 bits per heavy atom. The van der Waals surface area contributed by atoms with Gasteiger partial charge in [-0.05, 0) is 31.0 Å². The predicted molar refractivity (Wildman–Crippen MR) is 72.9 cm³/mol. The first-order valence-electron chi connectivity index (χ1n) is 5.99. The van der Waals surface area contributed by atoms with E-state index in [-0.39, 0.29) is 0 Å². The van der Waals surface area contributed by atoms with Gasteiger partial charge in [-0.25, -0.2) is 9.97 Å². The second-order valence-electron chi connectivity index (χ2n) is 4.43. The highest BCUT2D eigenvalue weighted by Gasteiger charge is 2.00. The Morgan fingerprint density at radius 2 is 2.00 bits per heavy atom. The number of hydrogen-bond acceptors (Lipinski definition) is 4. The third-order valence-electron chi connectivity index (χ3n) is 2.83. The molecule has 2 rings (SSSR count). The molecule has 1 aromatic carbocycles. The number of nitrogens with two attached hydrogens (primary N) is 1. The van der Waals surface area contributed by atoms with Crippen molar-refractivity contribution in [2.45, 2.75) is 26.9 Å². The summed E-state index contributed by atoms with van der Waals surface area (Å²) < 4.78 is 0. The van der Waals surface area contributed by atoms with E-state index < -0.39 is 0 Å². The average molecular weight is 242 g/mol. The summed E-state index contributed by atoms with van der Waals surface area (Å²) in [6.07, 6.45) is 1.68. The molecule has 0 radical (unpaired) electrons. The Kier molecular flexibility index (Phi) is 3.89. The zero-order chi connectivity index (χ0) is 13.0. The van der Waals surface area contributed by atoms with Crippen LogP contribution in [0.3, 0.4) is 0 Å². The Morgan fingerprint density at radius 1 is 1.17 bits per heavy atom. The SMILES string of the molecule is Cc1ccc(C)c(CNCc2nccc(N)n2)c1. The van der Waals surface area contributed by atoms with Gasteiger partial charge in [-0.2, -0.15) is 0 Å². The predicted octanol–water partition coefficient (Wildman–Crippen LogP) is 1.97. The lowest BCUT2D eigenvalue weighted by Crippen LogP contribution is -2.16. The number of hydrogen-bond donors (Lipinski definition) is 2. The van der Waals surface area contributed by atoms with Gasteiger partial charge >= 0.3 is 0 Å². The van der Waals surface area contributed by atoms with Crippen molar-refractivity contribution in [2.24, 2.45) is 0 Å². The van der Waals surface area contributed by atoms with E-state index >= 15 is 0 Å². The molecule has 1 aromatic heterocycles. The van der Waals surface area contributed by atoms with Crippen molar-refractivity contribution in [3.05, 3.63) is 53.0 Å². The van der Waals surface area contributed by atoms with E-state index in [4.69, 9.17) is 5.73 Å². The van der Waals surface area contributed by atoms with E-state index in [2.05, 4.69) is 47.3 Å². The first kappa shape index (κ1) is 12.5. The zero-order valence-electron chi connectivity index (χ0n) is 10.8. The first-order chi connectivity index (χ1) is 8.65. The minimum absolute atomic E-state index is 0.508. The molecule has 0 unspecified atom stereocenters. The monoisotopic (exact) mass is 242 g/mol. The fourth-order valence-corrected chi connectivity index (χ4v) is 1.80. The van der Waals surface area contributed by atoms with Crippen molar-refractivity contribution in [1.29, 1.82) is 0 Å². The van der Waals surface area contributed by atoms with Gasteiger partial charge in [0.25, 0.3) is 0 Å². The fraction of sp³-hybridized carbons (Fsp3) is 0.286. The van der Waals surface area contributed by atoms with E-state index in [0.29, 0.717) is 12.4 Å². The standard InChI is InChI=1S/C14H18N4/c1-10-3-4-11(2)12(7-10)8-16-9-14-17-6-5-13(15)18-14/h3-7,16H,8-9H2,1-2H3,(H2,15,17,18). The van der Waals surface area contributed by atoms with E-state index in [1.54, 1.807) is 12.3 Å². The molecule has 3 N–H and O–H groups in total. The molecule has 0 fully saturated rings. The van der Waals surface area contributed by atoms with Crippen LogP contribution in [0.1, 0.15) is 22.5 Å². The molecule has 4 nitrogen and oxygen atoms in total. The quantitative estimate of drug-likeness (QED) is 0.860. The topological polar surface area (TPSA) is 63.8 Å². The van der Waals surface area contributed by atoms with Crippen molar-refractivity contribution >= 4 is 5.82 Å². The molecule has 0 aliphatic heterocycles. The third kappa shape index (κ3) is 3.28. The second-order valence-corrected chi connectivity index (χ2v) is 4.43.